The third-order valence-corrected chi connectivity index (χ3v) is 3.27. The van der Waals surface area contributed by atoms with Crippen molar-refractivity contribution in [3.8, 4) is 0 Å². The van der Waals surface area contributed by atoms with E-state index >= 15 is 0 Å². The second-order valence-corrected chi connectivity index (χ2v) is 5.44. The molecule has 0 radical (unpaired) electrons. The molecule has 0 saturated heterocycles. The number of halogens is 2. The average molecular weight is 303 g/mol. The van der Waals surface area contributed by atoms with Crippen LogP contribution < -0.4 is 5.32 Å². The average Bonchev–Trinajstić information content (AvgIpc) is 2.23. The van der Waals surface area contributed by atoms with Gasteiger partial charge in [0.1, 0.15) is 5.82 Å². The molecule has 1 aromatic carbocycles. The van der Waals surface area contributed by atoms with Crippen LogP contribution in [0.4, 0.5) is 4.39 Å². The first-order valence-electron chi connectivity index (χ1n) is 5.85. The molecule has 1 rings (SSSR count). The molecule has 0 aliphatic heterocycles. The van der Waals surface area contributed by atoms with Crippen LogP contribution in [0.3, 0.4) is 0 Å². The Balaban J connectivity index is 2.44. The van der Waals surface area contributed by atoms with Gasteiger partial charge in [0.2, 0.25) is 0 Å². The third kappa shape index (κ3) is 5.61. The molecule has 0 aliphatic rings. The molecule has 0 bridgehead atoms. The summed E-state index contributed by atoms with van der Waals surface area (Å²) in [6.45, 7) is 6.90. The second kappa shape index (κ2) is 7.09. The lowest BCUT2D eigenvalue weighted by Gasteiger charge is -2.18. The van der Waals surface area contributed by atoms with Gasteiger partial charge in [-0.05, 0) is 30.8 Å². The molecular formula is C13H20BrFN2. The number of rotatable bonds is 6. The fourth-order valence-electron chi connectivity index (χ4n) is 1.58. The first-order chi connectivity index (χ1) is 7.99. The standard InChI is InChI=1S/C13H20BrFN2/c1-10(2)16-6-7-17(3)9-11-8-12(15)4-5-13(11)14/h4-5,8,10,16H,6-7,9H2,1-3H3. The molecule has 96 valence electrons. The molecular weight excluding hydrogens is 283 g/mol. The summed E-state index contributed by atoms with van der Waals surface area (Å²) in [7, 11) is 2.04. The number of nitrogens with one attached hydrogen (secondary N) is 1. The first kappa shape index (κ1) is 14.6. The lowest BCUT2D eigenvalue weighted by Crippen LogP contribution is -2.32. The van der Waals surface area contributed by atoms with Crippen LogP contribution in [0.15, 0.2) is 22.7 Å². The first-order valence-corrected chi connectivity index (χ1v) is 6.64. The number of hydrogen-bond donors (Lipinski definition) is 1. The molecule has 0 unspecified atom stereocenters. The number of hydrogen-bond acceptors (Lipinski definition) is 2. The van der Waals surface area contributed by atoms with Crippen molar-refractivity contribution in [3.05, 3.63) is 34.1 Å². The van der Waals surface area contributed by atoms with E-state index in [1.165, 1.54) is 6.07 Å². The van der Waals surface area contributed by atoms with E-state index in [0.29, 0.717) is 6.04 Å². The molecule has 0 amide bonds. The van der Waals surface area contributed by atoms with Crippen molar-refractivity contribution in [1.29, 1.82) is 0 Å². The van der Waals surface area contributed by atoms with Crippen molar-refractivity contribution < 1.29 is 4.39 Å². The summed E-state index contributed by atoms with van der Waals surface area (Å²) in [4.78, 5) is 2.18. The largest absolute Gasteiger partial charge is 0.313 e. The van der Waals surface area contributed by atoms with E-state index in [4.69, 9.17) is 0 Å². The Bertz CT molecular complexity index is 355. The summed E-state index contributed by atoms with van der Waals surface area (Å²) >= 11 is 3.44. The molecule has 0 aromatic heterocycles. The molecule has 0 heterocycles. The second-order valence-electron chi connectivity index (χ2n) is 4.58. The van der Waals surface area contributed by atoms with Gasteiger partial charge in [-0.25, -0.2) is 4.39 Å². The van der Waals surface area contributed by atoms with Crippen LogP contribution >= 0.6 is 15.9 Å². The van der Waals surface area contributed by atoms with E-state index in [0.717, 1.165) is 29.7 Å². The third-order valence-electron chi connectivity index (χ3n) is 2.49. The Morgan fingerprint density at radius 2 is 2.12 bits per heavy atom. The van der Waals surface area contributed by atoms with Gasteiger partial charge in [-0.3, -0.25) is 0 Å². The van der Waals surface area contributed by atoms with E-state index in [1.807, 2.05) is 7.05 Å². The summed E-state index contributed by atoms with van der Waals surface area (Å²) in [5, 5.41) is 3.36. The minimum absolute atomic E-state index is 0.183. The molecule has 0 spiro atoms. The van der Waals surface area contributed by atoms with Gasteiger partial charge in [-0.2, -0.15) is 0 Å². The maximum atomic E-state index is 13.1. The van der Waals surface area contributed by atoms with Crippen LogP contribution in [-0.2, 0) is 6.54 Å². The zero-order valence-electron chi connectivity index (χ0n) is 10.6. The van der Waals surface area contributed by atoms with Crippen molar-refractivity contribution in [2.75, 3.05) is 20.1 Å². The summed E-state index contributed by atoms with van der Waals surface area (Å²) < 4.78 is 14.1. The van der Waals surface area contributed by atoms with Gasteiger partial charge in [0.05, 0.1) is 0 Å². The lowest BCUT2D eigenvalue weighted by atomic mass is 10.2. The van der Waals surface area contributed by atoms with Crippen LogP contribution in [0.25, 0.3) is 0 Å². The Morgan fingerprint density at radius 3 is 2.76 bits per heavy atom. The quantitative estimate of drug-likeness (QED) is 0.869. The minimum Gasteiger partial charge on any atom is -0.313 e. The van der Waals surface area contributed by atoms with Crippen LogP contribution in [-0.4, -0.2) is 31.1 Å². The molecule has 1 aromatic rings. The lowest BCUT2D eigenvalue weighted by molar-refractivity contribution is 0.319. The number of likely N-dealkylation sites (N-methyl/N-ethyl adjacent to an activating group) is 1. The van der Waals surface area contributed by atoms with E-state index < -0.39 is 0 Å². The van der Waals surface area contributed by atoms with Crippen molar-refractivity contribution in [2.45, 2.75) is 26.4 Å². The van der Waals surface area contributed by atoms with Gasteiger partial charge >= 0.3 is 0 Å². The molecule has 2 nitrogen and oxygen atoms in total. The number of benzene rings is 1. The van der Waals surface area contributed by atoms with Gasteiger partial charge < -0.3 is 10.2 Å². The summed E-state index contributed by atoms with van der Waals surface area (Å²) in [5.74, 6) is -0.183. The van der Waals surface area contributed by atoms with Crippen molar-refractivity contribution >= 4 is 15.9 Å². The van der Waals surface area contributed by atoms with Crippen LogP contribution in [0.2, 0.25) is 0 Å². The van der Waals surface area contributed by atoms with E-state index in [2.05, 4.69) is 40.0 Å². The highest BCUT2D eigenvalue weighted by molar-refractivity contribution is 9.10. The molecule has 0 atom stereocenters. The highest BCUT2D eigenvalue weighted by Gasteiger charge is 2.05. The molecule has 0 aliphatic carbocycles. The Kier molecular flexibility index (Phi) is 6.09. The summed E-state index contributed by atoms with van der Waals surface area (Å²) in [6.07, 6.45) is 0. The summed E-state index contributed by atoms with van der Waals surface area (Å²) in [5.41, 5.74) is 0.983. The zero-order chi connectivity index (χ0) is 12.8. The van der Waals surface area contributed by atoms with Gasteiger partial charge in [0.15, 0.2) is 0 Å². The zero-order valence-corrected chi connectivity index (χ0v) is 12.2. The highest BCUT2D eigenvalue weighted by atomic mass is 79.9. The Hall–Kier alpha value is -0.450. The maximum absolute atomic E-state index is 13.1. The van der Waals surface area contributed by atoms with Crippen LogP contribution in [0, 0.1) is 5.82 Å². The van der Waals surface area contributed by atoms with Crippen molar-refractivity contribution in [2.24, 2.45) is 0 Å². The van der Waals surface area contributed by atoms with Crippen molar-refractivity contribution in [1.82, 2.24) is 10.2 Å². The van der Waals surface area contributed by atoms with Crippen molar-refractivity contribution in [3.63, 3.8) is 0 Å². The van der Waals surface area contributed by atoms with E-state index in [-0.39, 0.29) is 5.82 Å². The number of nitrogens with zero attached hydrogens (tertiary/aromatic N) is 1. The smallest absolute Gasteiger partial charge is 0.123 e. The van der Waals surface area contributed by atoms with Crippen LogP contribution in [0.5, 0.6) is 0 Å². The van der Waals surface area contributed by atoms with Gasteiger partial charge in [0, 0.05) is 30.1 Å². The normalized spacial score (nSPS) is 11.5. The van der Waals surface area contributed by atoms with Gasteiger partial charge in [-0.15, -0.1) is 0 Å². The minimum atomic E-state index is -0.183. The summed E-state index contributed by atoms with van der Waals surface area (Å²) in [6, 6.07) is 5.30. The van der Waals surface area contributed by atoms with E-state index in [1.54, 1.807) is 12.1 Å². The molecule has 4 heteroatoms. The fraction of sp³-hybridized carbons (Fsp3) is 0.538. The highest BCUT2D eigenvalue weighted by Crippen LogP contribution is 2.18. The SMILES string of the molecule is CC(C)NCCN(C)Cc1cc(F)ccc1Br. The molecule has 0 saturated carbocycles. The monoisotopic (exact) mass is 302 g/mol. The molecule has 0 fully saturated rings. The predicted octanol–water partition coefficient (Wildman–Crippen LogP) is 3.02. The van der Waals surface area contributed by atoms with Crippen LogP contribution in [0.1, 0.15) is 19.4 Å². The van der Waals surface area contributed by atoms with Gasteiger partial charge in [0.25, 0.3) is 0 Å². The van der Waals surface area contributed by atoms with Gasteiger partial charge in [-0.1, -0.05) is 29.8 Å². The predicted molar refractivity (Wildman–Crippen MR) is 73.6 cm³/mol. The molecule has 17 heavy (non-hydrogen) atoms. The fourth-order valence-corrected chi connectivity index (χ4v) is 1.95. The Labute approximate surface area is 111 Å². The molecule has 1 N–H and O–H groups in total. The maximum Gasteiger partial charge on any atom is 0.123 e. The Morgan fingerprint density at radius 1 is 1.41 bits per heavy atom. The van der Waals surface area contributed by atoms with E-state index in [9.17, 15) is 4.39 Å². The topological polar surface area (TPSA) is 15.3 Å².